The minimum atomic E-state index is -0.166. The molecule has 0 radical (unpaired) electrons. The highest BCUT2D eigenvalue weighted by Gasteiger charge is 2.21. The number of fused-ring (bicyclic) bond motifs is 2. The fraction of sp³-hybridized carbons (Fsp3) is 0.250. The summed E-state index contributed by atoms with van der Waals surface area (Å²) in [7, 11) is 0. The summed E-state index contributed by atoms with van der Waals surface area (Å²) in [6, 6.07) is 15.1. The van der Waals surface area contributed by atoms with Crippen molar-refractivity contribution in [2.45, 2.75) is 39.2 Å². The molecular weight excluding hydrogens is 376 g/mol. The van der Waals surface area contributed by atoms with Crippen LogP contribution in [0.4, 0.5) is 0 Å². The van der Waals surface area contributed by atoms with Gasteiger partial charge in [-0.3, -0.25) is 14.0 Å². The van der Waals surface area contributed by atoms with E-state index >= 15 is 0 Å². The maximum Gasteiger partial charge on any atom is 0.270 e. The van der Waals surface area contributed by atoms with Crippen LogP contribution >= 0.6 is 0 Å². The number of pyridine rings is 1. The molecule has 5 rings (SSSR count). The van der Waals surface area contributed by atoms with Gasteiger partial charge >= 0.3 is 0 Å². The van der Waals surface area contributed by atoms with Crippen molar-refractivity contribution in [1.82, 2.24) is 19.2 Å². The predicted molar refractivity (Wildman–Crippen MR) is 116 cm³/mol. The van der Waals surface area contributed by atoms with Crippen LogP contribution in [-0.4, -0.2) is 19.2 Å². The van der Waals surface area contributed by atoms with Gasteiger partial charge in [0.1, 0.15) is 5.65 Å². The average Bonchev–Trinajstić information content (AvgIpc) is 2.76. The van der Waals surface area contributed by atoms with E-state index in [2.05, 4.69) is 36.2 Å². The Kier molecular flexibility index (Phi) is 4.54. The standard InChI is InChI=1S/C24H22N4O2/c1-16-9-11-17(12-10-16)23-19-6-2-3-7-20(19)24(30)28(26-23)15-18-14-22(29)27-13-5-4-8-21(27)25-18/h4-5,8-14H,2-3,6-7,15H2,1H3. The largest absolute Gasteiger partial charge is 0.270 e. The van der Waals surface area contributed by atoms with Gasteiger partial charge < -0.3 is 0 Å². The Morgan fingerprint density at radius 1 is 0.967 bits per heavy atom. The maximum atomic E-state index is 13.2. The van der Waals surface area contributed by atoms with Crippen LogP contribution < -0.4 is 11.1 Å². The van der Waals surface area contributed by atoms with E-state index in [0.29, 0.717) is 11.3 Å². The van der Waals surface area contributed by atoms with Gasteiger partial charge in [-0.15, -0.1) is 0 Å². The average molecular weight is 398 g/mol. The zero-order chi connectivity index (χ0) is 20.7. The first-order chi connectivity index (χ1) is 14.6. The number of nitrogens with zero attached hydrogens (tertiary/aromatic N) is 4. The Labute approximate surface area is 173 Å². The first-order valence-electron chi connectivity index (χ1n) is 10.3. The van der Waals surface area contributed by atoms with E-state index in [-0.39, 0.29) is 17.7 Å². The number of benzene rings is 1. The zero-order valence-corrected chi connectivity index (χ0v) is 16.8. The van der Waals surface area contributed by atoms with Crippen LogP contribution in [0.15, 0.2) is 64.3 Å². The van der Waals surface area contributed by atoms with Crippen molar-refractivity contribution in [3.63, 3.8) is 0 Å². The second kappa shape index (κ2) is 7.37. The smallest absolute Gasteiger partial charge is 0.269 e. The van der Waals surface area contributed by atoms with Crippen LogP contribution in [0, 0.1) is 6.92 Å². The first kappa shape index (κ1) is 18.5. The highest BCUT2D eigenvalue weighted by atomic mass is 16.1. The fourth-order valence-corrected chi connectivity index (χ4v) is 4.17. The zero-order valence-electron chi connectivity index (χ0n) is 16.8. The lowest BCUT2D eigenvalue weighted by atomic mass is 9.89. The Hall–Kier alpha value is -3.54. The summed E-state index contributed by atoms with van der Waals surface area (Å²) in [6.07, 6.45) is 5.41. The van der Waals surface area contributed by atoms with Crippen LogP contribution in [0.1, 0.15) is 35.2 Å². The Morgan fingerprint density at radius 3 is 2.53 bits per heavy atom. The normalized spacial score (nSPS) is 13.4. The number of aryl methyl sites for hydroxylation is 1. The molecule has 0 aliphatic heterocycles. The van der Waals surface area contributed by atoms with Crippen molar-refractivity contribution >= 4 is 5.65 Å². The van der Waals surface area contributed by atoms with Crippen LogP contribution in [0.2, 0.25) is 0 Å². The molecule has 30 heavy (non-hydrogen) atoms. The number of aromatic nitrogens is 4. The Balaban J connectivity index is 1.65. The molecule has 0 fully saturated rings. The summed E-state index contributed by atoms with van der Waals surface area (Å²) in [5.41, 5.74) is 5.83. The molecule has 1 aliphatic rings. The van der Waals surface area contributed by atoms with Gasteiger partial charge in [0, 0.05) is 23.4 Å². The number of hydrogen-bond acceptors (Lipinski definition) is 4. The van der Waals surface area contributed by atoms with E-state index in [1.54, 1.807) is 18.3 Å². The Morgan fingerprint density at radius 2 is 1.73 bits per heavy atom. The van der Waals surface area contributed by atoms with Gasteiger partial charge in [0.25, 0.3) is 11.1 Å². The van der Waals surface area contributed by atoms with E-state index < -0.39 is 0 Å². The fourth-order valence-electron chi connectivity index (χ4n) is 4.17. The van der Waals surface area contributed by atoms with Gasteiger partial charge in [0.15, 0.2) is 0 Å². The van der Waals surface area contributed by atoms with E-state index in [0.717, 1.165) is 48.1 Å². The first-order valence-corrected chi connectivity index (χ1v) is 10.3. The van der Waals surface area contributed by atoms with Crippen LogP contribution in [-0.2, 0) is 19.4 Å². The molecule has 0 N–H and O–H groups in total. The van der Waals surface area contributed by atoms with Gasteiger partial charge in [-0.1, -0.05) is 35.9 Å². The third-order valence-electron chi connectivity index (χ3n) is 5.73. The molecule has 0 spiro atoms. The molecule has 0 atom stereocenters. The van der Waals surface area contributed by atoms with Gasteiger partial charge in [-0.05, 0) is 50.3 Å². The molecule has 1 aliphatic carbocycles. The van der Waals surface area contributed by atoms with Crippen LogP contribution in [0.3, 0.4) is 0 Å². The quantitative estimate of drug-likeness (QED) is 0.532. The van der Waals surface area contributed by atoms with Crippen molar-refractivity contribution in [2.24, 2.45) is 0 Å². The summed E-state index contributed by atoms with van der Waals surface area (Å²) in [6.45, 7) is 2.23. The van der Waals surface area contributed by atoms with E-state index in [9.17, 15) is 9.59 Å². The summed E-state index contributed by atoms with van der Waals surface area (Å²) < 4.78 is 2.96. The molecule has 6 heteroatoms. The third kappa shape index (κ3) is 3.24. The summed E-state index contributed by atoms with van der Waals surface area (Å²) >= 11 is 0. The van der Waals surface area contributed by atoms with E-state index in [4.69, 9.17) is 5.10 Å². The van der Waals surface area contributed by atoms with Crippen LogP contribution in [0.5, 0.6) is 0 Å². The molecule has 3 aromatic heterocycles. The predicted octanol–water partition coefficient (Wildman–Crippen LogP) is 3.15. The Bertz CT molecular complexity index is 1370. The molecule has 150 valence electrons. The summed E-state index contributed by atoms with van der Waals surface area (Å²) in [4.78, 5) is 30.2. The van der Waals surface area contributed by atoms with E-state index in [1.807, 2.05) is 6.07 Å². The van der Waals surface area contributed by atoms with Gasteiger partial charge in [0.05, 0.1) is 17.9 Å². The second-order valence-electron chi connectivity index (χ2n) is 7.86. The van der Waals surface area contributed by atoms with Crippen molar-refractivity contribution < 1.29 is 0 Å². The number of rotatable bonds is 3. The molecule has 3 heterocycles. The third-order valence-corrected chi connectivity index (χ3v) is 5.73. The molecule has 6 nitrogen and oxygen atoms in total. The highest BCUT2D eigenvalue weighted by Crippen LogP contribution is 2.28. The minimum absolute atomic E-state index is 0.0735. The molecule has 0 saturated carbocycles. The van der Waals surface area contributed by atoms with Crippen molar-refractivity contribution in [2.75, 3.05) is 0 Å². The SMILES string of the molecule is Cc1ccc(-c2nn(Cc3cc(=O)n4ccccc4n3)c(=O)c3c2CCCC3)cc1. The van der Waals surface area contributed by atoms with Crippen molar-refractivity contribution in [3.8, 4) is 11.3 Å². The van der Waals surface area contributed by atoms with Gasteiger partial charge in [-0.2, -0.15) is 5.10 Å². The second-order valence-corrected chi connectivity index (χ2v) is 7.86. The lowest BCUT2D eigenvalue weighted by Crippen LogP contribution is -2.31. The molecular formula is C24H22N4O2. The van der Waals surface area contributed by atoms with Gasteiger partial charge in [0.2, 0.25) is 0 Å². The van der Waals surface area contributed by atoms with Gasteiger partial charge in [-0.25, -0.2) is 9.67 Å². The molecule has 0 amide bonds. The lowest BCUT2D eigenvalue weighted by Gasteiger charge is -2.20. The monoisotopic (exact) mass is 398 g/mol. The lowest BCUT2D eigenvalue weighted by molar-refractivity contribution is 0.589. The van der Waals surface area contributed by atoms with Crippen molar-refractivity contribution in [3.05, 3.63) is 97.8 Å². The molecule has 4 aromatic rings. The maximum absolute atomic E-state index is 13.2. The van der Waals surface area contributed by atoms with Crippen LogP contribution in [0.25, 0.3) is 16.9 Å². The number of hydrogen-bond donors (Lipinski definition) is 0. The minimum Gasteiger partial charge on any atom is -0.269 e. The summed E-state index contributed by atoms with van der Waals surface area (Å²) in [5.74, 6) is 0. The molecule has 0 bridgehead atoms. The highest BCUT2D eigenvalue weighted by molar-refractivity contribution is 5.64. The summed E-state index contributed by atoms with van der Waals surface area (Å²) in [5, 5.41) is 4.75. The molecule has 1 aromatic carbocycles. The molecule has 0 saturated heterocycles. The van der Waals surface area contributed by atoms with E-state index in [1.165, 1.54) is 20.7 Å². The molecule has 0 unspecified atom stereocenters. The van der Waals surface area contributed by atoms with Crippen molar-refractivity contribution in [1.29, 1.82) is 0 Å². The topological polar surface area (TPSA) is 69.3 Å².